The normalized spacial score (nSPS) is 22.5. The Morgan fingerprint density at radius 2 is 1.23 bits per heavy atom. The van der Waals surface area contributed by atoms with Crippen molar-refractivity contribution in [3.63, 3.8) is 0 Å². The fraction of sp³-hybridized carbons (Fsp3) is 0.882. The van der Waals surface area contributed by atoms with Crippen LogP contribution in [0.1, 0.15) is 131 Å². The van der Waals surface area contributed by atoms with Crippen LogP contribution in [0.5, 0.6) is 0 Å². The molecule has 0 spiro atoms. The van der Waals surface area contributed by atoms with E-state index in [1.54, 1.807) is 4.90 Å². The van der Waals surface area contributed by atoms with Crippen molar-refractivity contribution in [3.8, 4) is 0 Å². The number of carbonyl (C=O) groups is 3. The number of aldehydes is 1. The second-order valence-corrected chi connectivity index (χ2v) is 14.3. The van der Waals surface area contributed by atoms with Gasteiger partial charge < -0.3 is 52.4 Å². The average Bonchev–Trinajstić information content (AvgIpc) is 3.79. The Balaban J connectivity index is -0.000000606. The average molecular weight is 782 g/mol. The molecule has 9 nitrogen and oxygen atoms in total. The molecule has 1 N–H and O–H groups in total. The Morgan fingerprint density at radius 1 is 0.766 bits per heavy atom. The summed E-state index contributed by atoms with van der Waals surface area (Å²) >= 11 is 0. The van der Waals surface area contributed by atoms with Crippen molar-refractivity contribution in [2.45, 2.75) is 161 Å². The van der Waals surface area contributed by atoms with Crippen LogP contribution in [0.2, 0.25) is 0 Å². The summed E-state index contributed by atoms with van der Waals surface area (Å²) in [5, 5.41) is 10.5. The van der Waals surface area contributed by atoms with Gasteiger partial charge in [0.25, 0.3) is 0 Å². The van der Waals surface area contributed by atoms with Gasteiger partial charge in [-0.3, -0.25) is 4.90 Å². The van der Waals surface area contributed by atoms with E-state index in [0.29, 0.717) is 19.0 Å². The molecular weight excluding hydrogens is 717 g/mol. The molecule has 0 aromatic heterocycles. The van der Waals surface area contributed by atoms with Crippen LogP contribution in [-0.4, -0.2) is 112 Å². The Morgan fingerprint density at radius 3 is 1.64 bits per heavy atom. The SMILES string of the molecule is C1CCOC1.CC(C)(C)OC(=O)N1CCC[C@H]1C(O)C1CCCC1.CC(C)(C)OC(=O)N1CCC[C@H]1C=O.S.S.[Br-].[CH-]1CCCC1.[Mg+2]. The van der Waals surface area contributed by atoms with E-state index in [0.717, 1.165) is 58.0 Å². The van der Waals surface area contributed by atoms with Crippen LogP contribution < -0.4 is 17.0 Å². The molecule has 5 aliphatic rings. The molecule has 0 aromatic rings. The predicted octanol–water partition coefficient (Wildman–Crippen LogP) is 3.93. The largest absolute Gasteiger partial charge is 2.00 e. The summed E-state index contributed by atoms with van der Waals surface area (Å²) in [6, 6.07) is -0.331. The molecule has 0 bridgehead atoms. The van der Waals surface area contributed by atoms with E-state index >= 15 is 0 Å². The minimum atomic E-state index is -0.493. The third-order valence-electron chi connectivity index (χ3n) is 8.18. The van der Waals surface area contributed by atoms with E-state index in [9.17, 15) is 19.5 Å². The van der Waals surface area contributed by atoms with Crippen LogP contribution >= 0.6 is 27.0 Å². The number of halogens is 1. The molecule has 2 saturated carbocycles. The molecule has 0 aromatic carbocycles. The predicted molar refractivity (Wildman–Crippen MR) is 195 cm³/mol. The maximum Gasteiger partial charge on any atom is 2.00 e. The summed E-state index contributed by atoms with van der Waals surface area (Å²) in [5.41, 5.74) is -0.963. The van der Waals surface area contributed by atoms with Crippen molar-refractivity contribution >= 4 is 68.5 Å². The zero-order chi connectivity index (χ0) is 31.9. The summed E-state index contributed by atoms with van der Waals surface area (Å²) in [4.78, 5) is 37.6. The molecule has 13 heteroatoms. The minimum Gasteiger partial charge on any atom is -1.00 e. The number of nitrogens with zero attached hydrogens (tertiary/aromatic N) is 2. The second-order valence-electron chi connectivity index (χ2n) is 14.3. The van der Waals surface area contributed by atoms with Gasteiger partial charge in [-0.25, -0.2) is 9.59 Å². The number of ether oxygens (including phenoxy) is 3. The van der Waals surface area contributed by atoms with Gasteiger partial charge in [-0.1, -0.05) is 25.7 Å². The fourth-order valence-corrected chi connectivity index (χ4v) is 6.02. The first-order valence-electron chi connectivity index (χ1n) is 16.8. The van der Waals surface area contributed by atoms with Gasteiger partial charge in [-0.2, -0.15) is 39.8 Å². The van der Waals surface area contributed by atoms with Crippen molar-refractivity contribution in [2.75, 3.05) is 26.3 Å². The van der Waals surface area contributed by atoms with Crippen LogP contribution in [-0.2, 0) is 19.0 Å². The standard InChI is InChI=1S/C15H27NO3.C10H17NO3.C5H9.C4H8O.BrH.Mg.2H2S/c1-15(2,3)19-14(18)16-10-6-9-12(16)13(17)11-7-4-5-8-11;1-10(2,3)14-9(13)11-6-4-5-8(11)7-12;2*1-2-4-5-3-1;;;;/h11-13,17H,4-10H2,1-3H3;7-8H,4-6H2,1-3H3;1H,2-5H2;1-4H2;1H;;2*1H2/q;;-1;;;+2;;/p-1/t12-,13?;8-;;;;;;/m00....../s1. The van der Waals surface area contributed by atoms with Crippen molar-refractivity contribution in [3.05, 3.63) is 6.42 Å². The molecule has 3 atom stereocenters. The van der Waals surface area contributed by atoms with Crippen molar-refractivity contribution in [1.82, 2.24) is 9.80 Å². The number of rotatable bonds is 3. The molecule has 3 heterocycles. The Labute approximate surface area is 326 Å². The quantitative estimate of drug-likeness (QED) is 0.263. The molecule has 1 unspecified atom stereocenters. The van der Waals surface area contributed by atoms with Gasteiger partial charge in [-0.05, 0) is 98.8 Å². The molecule has 3 saturated heterocycles. The van der Waals surface area contributed by atoms with E-state index < -0.39 is 11.2 Å². The van der Waals surface area contributed by atoms with Gasteiger partial charge >= 0.3 is 35.2 Å². The molecule has 274 valence electrons. The number of aliphatic hydroxyl groups excluding tert-OH is 1. The summed E-state index contributed by atoms with van der Waals surface area (Å²) in [6.07, 6.45) is 18.4. The summed E-state index contributed by atoms with van der Waals surface area (Å²) in [5.74, 6) is 0.369. The molecule has 0 radical (unpaired) electrons. The Bertz CT molecular complexity index is 809. The van der Waals surface area contributed by atoms with Crippen LogP contribution in [0.4, 0.5) is 9.59 Å². The van der Waals surface area contributed by atoms with Gasteiger partial charge in [-0.15, -0.1) is 0 Å². The van der Waals surface area contributed by atoms with Crippen LogP contribution in [0.3, 0.4) is 0 Å². The molecular formula is C34H65BrMgN2O7S2. The topological polar surface area (TPSA) is 106 Å². The molecule has 5 fully saturated rings. The van der Waals surface area contributed by atoms with Gasteiger partial charge in [0.05, 0.1) is 18.2 Å². The monoisotopic (exact) mass is 780 g/mol. The number of aliphatic hydroxyl groups is 1. The van der Waals surface area contributed by atoms with E-state index in [4.69, 9.17) is 14.2 Å². The third-order valence-corrected chi connectivity index (χ3v) is 8.18. The number of likely N-dealkylation sites (tertiary alicyclic amines) is 2. The maximum atomic E-state index is 12.2. The number of hydrogen-bond donors (Lipinski definition) is 1. The first kappa shape index (κ1) is 51.4. The van der Waals surface area contributed by atoms with Crippen LogP contribution in [0.25, 0.3) is 0 Å². The summed E-state index contributed by atoms with van der Waals surface area (Å²) in [7, 11) is 0. The minimum absolute atomic E-state index is 0. The van der Waals surface area contributed by atoms with E-state index in [1.165, 1.54) is 56.3 Å². The zero-order valence-electron chi connectivity index (χ0n) is 30.1. The van der Waals surface area contributed by atoms with Crippen LogP contribution in [0.15, 0.2) is 0 Å². The first-order valence-corrected chi connectivity index (χ1v) is 16.8. The van der Waals surface area contributed by atoms with Crippen molar-refractivity contribution in [1.29, 1.82) is 0 Å². The molecule has 3 aliphatic heterocycles. The van der Waals surface area contributed by atoms with E-state index in [-0.39, 0.29) is 97.4 Å². The van der Waals surface area contributed by atoms with E-state index in [1.807, 2.05) is 41.5 Å². The summed E-state index contributed by atoms with van der Waals surface area (Å²) < 4.78 is 15.6. The molecule has 2 aliphatic carbocycles. The second kappa shape index (κ2) is 26.8. The van der Waals surface area contributed by atoms with Crippen LogP contribution in [0, 0.1) is 12.3 Å². The Hall–Kier alpha value is 0.0762. The van der Waals surface area contributed by atoms with Gasteiger partial charge in [0.2, 0.25) is 0 Å². The maximum absolute atomic E-state index is 12.2. The van der Waals surface area contributed by atoms with Gasteiger partial charge in [0.15, 0.2) is 0 Å². The zero-order valence-corrected chi connectivity index (χ0v) is 35.1. The molecule has 47 heavy (non-hydrogen) atoms. The van der Waals surface area contributed by atoms with Gasteiger partial charge in [0, 0.05) is 26.3 Å². The molecule has 5 rings (SSSR count). The smallest absolute Gasteiger partial charge is 1.00 e. The third kappa shape index (κ3) is 21.1. The van der Waals surface area contributed by atoms with Crippen molar-refractivity contribution < 1.29 is 50.7 Å². The Kier molecular flexibility index (Phi) is 29.4. The number of hydrogen-bond acceptors (Lipinski definition) is 7. The number of carbonyl (C=O) groups excluding carboxylic acids is 3. The number of amides is 2. The summed E-state index contributed by atoms with van der Waals surface area (Å²) in [6.45, 7) is 14.4. The van der Waals surface area contributed by atoms with E-state index in [2.05, 4.69) is 6.42 Å². The molecule has 2 amide bonds. The van der Waals surface area contributed by atoms with Gasteiger partial charge in [0.1, 0.15) is 17.5 Å². The fourth-order valence-electron chi connectivity index (χ4n) is 6.02. The first-order chi connectivity index (χ1) is 20.3. The van der Waals surface area contributed by atoms with Crippen molar-refractivity contribution in [2.24, 2.45) is 5.92 Å².